The van der Waals surface area contributed by atoms with Crippen molar-refractivity contribution in [3.63, 3.8) is 0 Å². The van der Waals surface area contributed by atoms with Crippen LogP contribution < -0.4 is 0 Å². The lowest BCUT2D eigenvalue weighted by molar-refractivity contribution is 0.0970. The zero-order valence-corrected chi connectivity index (χ0v) is 19.5. The van der Waals surface area contributed by atoms with Gasteiger partial charge < -0.3 is 4.90 Å². The van der Waals surface area contributed by atoms with Crippen LogP contribution in [0.1, 0.15) is 69.8 Å². The minimum Gasteiger partial charge on any atom is -0.302 e. The van der Waals surface area contributed by atoms with E-state index in [-0.39, 0.29) is 11.8 Å². The molecule has 3 rings (SSSR count). The molecule has 0 heterocycles. The Bertz CT molecular complexity index is 720. The van der Waals surface area contributed by atoms with Gasteiger partial charge >= 0.3 is 0 Å². The summed E-state index contributed by atoms with van der Waals surface area (Å²) in [5, 5.41) is 0. The Kier molecular flexibility index (Phi) is 8.17. The van der Waals surface area contributed by atoms with E-state index in [1.54, 1.807) is 12.1 Å². The second-order valence-electron chi connectivity index (χ2n) is 9.44. The first-order valence-electron chi connectivity index (χ1n) is 11.6. The van der Waals surface area contributed by atoms with E-state index in [1.807, 2.05) is 19.1 Å². The maximum Gasteiger partial charge on any atom is 0.179 e. The van der Waals surface area contributed by atoms with Gasteiger partial charge in [0.15, 0.2) is 9.84 Å². The quantitative estimate of drug-likeness (QED) is 0.613. The van der Waals surface area contributed by atoms with Crippen LogP contribution >= 0.6 is 0 Å². The molecule has 4 nitrogen and oxygen atoms in total. The summed E-state index contributed by atoms with van der Waals surface area (Å²) in [7, 11) is 1.07. The Morgan fingerprint density at radius 1 is 0.862 bits per heavy atom. The topological polar surface area (TPSA) is 40.6 Å². The van der Waals surface area contributed by atoms with Crippen molar-refractivity contribution in [3.05, 3.63) is 29.8 Å². The molecule has 0 saturated heterocycles. The summed E-state index contributed by atoms with van der Waals surface area (Å²) in [4.78, 5) is 5.32. The van der Waals surface area contributed by atoms with E-state index in [1.165, 1.54) is 64.2 Å². The third kappa shape index (κ3) is 6.28. The zero-order valence-electron chi connectivity index (χ0n) is 18.6. The number of hydrogen-bond donors (Lipinski definition) is 0. The molecule has 0 aliphatic heterocycles. The van der Waals surface area contributed by atoms with E-state index in [4.69, 9.17) is 0 Å². The maximum absolute atomic E-state index is 13.3. The average molecular weight is 421 g/mol. The van der Waals surface area contributed by atoms with Crippen LogP contribution in [0.2, 0.25) is 0 Å². The summed E-state index contributed by atoms with van der Waals surface area (Å²) < 4.78 is 26.5. The largest absolute Gasteiger partial charge is 0.302 e. The van der Waals surface area contributed by atoms with Crippen molar-refractivity contribution in [3.8, 4) is 0 Å². The van der Waals surface area contributed by atoms with Crippen LogP contribution in [-0.2, 0) is 9.84 Å². The van der Waals surface area contributed by atoms with Crippen molar-refractivity contribution in [1.29, 1.82) is 0 Å². The maximum atomic E-state index is 13.3. The molecule has 1 aromatic carbocycles. The van der Waals surface area contributed by atoms with Crippen LogP contribution in [-0.4, -0.2) is 62.7 Å². The highest BCUT2D eigenvalue weighted by atomic mass is 32.2. The van der Waals surface area contributed by atoms with Gasteiger partial charge in [-0.2, -0.15) is 0 Å². The van der Waals surface area contributed by atoms with Crippen molar-refractivity contribution in [2.24, 2.45) is 0 Å². The molecule has 0 bridgehead atoms. The molecule has 0 spiro atoms. The summed E-state index contributed by atoms with van der Waals surface area (Å²) in [6, 6.07) is 8.51. The van der Waals surface area contributed by atoms with Crippen molar-refractivity contribution in [2.45, 2.75) is 94.2 Å². The Morgan fingerprint density at radius 2 is 1.38 bits per heavy atom. The summed E-state index contributed by atoms with van der Waals surface area (Å²) in [5.41, 5.74) is 1.09. The monoisotopic (exact) mass is 420 g/mol. The fourth-order valence-corrected chi connectivity index (χ4v) is 6.77. The van der Waals surface area contributed by atoms with Gasteiger partial charge in [-0.3, -0.25) is 4.90 Å². The standard InChI is InChI=1S/C24H40N2O2S/c1-20-14-16-24(17-15-20)29(27,28)19-23(26(3)22-12-8-5-9-13-22)18-25(2)21-10-6-4-7-11-21/h14-17,21-23H,4-13,18-19H2,1-3H3. The molecule has 5 heteroatoms. The molecule has 2 fully saturated rings. The lowest BCUT2D eigenvalue weighted by Crippen LogP contribution is -2.51. The van der Waals surface area contributed by atoms with Gasteiger partial charge in [-0.05, 0) is 58.8 Å². The zero-order chi connectivity index (χ0) is 20.9. The minimum absolute atomic E-state index is 0.0383. The fraction of sp³-hybridized carbons (Fsp3) is 0.750. The summed E-state index contributed by atoms with van der Waals surface area (Å²) in [6.07, 6.45) is 12.7. The number of rotatable bonds is 8. The van der Waals surface area contributed by atoms with E-state index in [9.17, 15) is 8.42 Å². The Balaban J connectivity index is 1.76. The van der Waals surface area contributed by atoms with Gasteiger partial charge in [0, 0.05) is 24.7 Å². The van der Waals surface area contributed by atoms with Crippen LogP contribution in [0.25, 0.3) is 0 Å². The van der Waals surface area contributed by atoms with Crippen molar-refractivity contribution >= 4 is 9.84 Å². The van der Waals surface area contributed by atoms with Crippen LogP contribution in [0.5, 0.6) is 0 Å². The van der Waals surface area contributed by atoms with Gasteiger partial charge in [-0.1, -0.05) is 56.2 Å². The van der Waals surface area contributed by atoms with Crippen LogP contribution in [0, 0.1) is 6.92 Å². The summed E-state index contributed by atoms with van der Waals surface area (Å²) >= 11 is 0. The highest BCUT2D eigenvalue weighted by molar-refractivity contribution is 7.91. The van der Waals surface area contributed by atoms with Gasteiger partial charge in [-0.25, -0.2) is 8.42 Å². The number of aryl methyl sites for hydroxylation is 1. The highest BCUT2D eigenvalue weighted by Crippen LogP contribution is 2.27. The van der Waals surface area contributed by atoms with Crippen molar-refractivity contribution < 1.29 is 8.42 Å². The number of nitrogens with zero attached hydrogens (tertiary/aromatic N) is 2. The Labute approximate surface area is 178 Å². The Hall–Kier alpha value is -0.910. The number of benzene rings is 1. The molecule has 0 radical (unpaired) electrons. The average Bonchev–Trinajstić information content (AvgIpc) is 2.74. The first-order chi connectivity index (χ1) is 13.9. The molecular formula is C24H40N2O2S. The SMILES string of the molecule is Cc1ccc(S(=O)(=O)CC(CN(C)C2CCCCC2)N(C)C2CCCCC2)cc1. The Morgan fingerprint density at radius 3 is 1.93 bits per heavy atom. The molecule has 2 saturated carbocycles. The molecular weight excluding hydrogens is 380 g/mol. The van der Waals surface area contributed by atoms with Gasteiger partial charge in [0.05, 0.1) is 10.6 Å². The van der Waals surface area contributed by atoms with E-state index in [2.05, 4.69) is 23.9 Å². The van der Waals surface area contributed by atoms with Gasteiger partial charge in [0.1, 0.15) is 0 Å². The molecule has 0 aromatic heterocycles. The fourth-order valence-electron chi connectivity index (χ4n) is 5.18. The predicted octanol–water partition coefficient (Wildman–Crippen LogP) is 4.67. The summed E-state index contributed by atoms with van der Waals surface area (Å²) in [5.74, 6) is 0.208. The van der Waals surface area contributed by atoms with E-state index in [0.29, 0.717) is 17.0 Å². The molecule has 2 aliphatic rings. The lowest BCUT2D eigenvalue weighted by atomic mass is 9.93. The van der Waals surface area contributed by atoms with Crippen LogP contribution in [0.15, 0.2) is 29.2 Å². The predicted molar refractivity (Wildman–Crippen MR) is 121 cm³/mol. The number of hydrogen-bond acceptors (Lipinski definition) is 4. The van der Waals surface area contributed by atoms with Crippen molar-refractivity contribution in [2.75, 3.05) is 26.4 Å². The lowest BCUT2D eigenvalue weighted by Gasteiger charge is -2.41. The molecule has 164 valence electrons. The first-order valence-corrected chi connectivity index (χ1v) is 13.2. The molecule has 0 N–H and O–H groups in total. The van der Waals surface area contributed by atoms with E-state index < -0.39 is 9.84 Å². The third-order valence-electron chi connectivity index (χ3n) is 7.22. The molecule has 1 aromatic rings. The molecule has 0 amide bonds. The normalized spacial score (nSPS) is 21.0. The van der Waals surface area contributed by atoms with E-state index >= 15 is 0 Å². The van der Waals surface area contributed by atoms with Crippen LogP contribution in [0.3, 0.4) is 0 Å². The molecule has 1 atom stereocenters. The van der Waals surface area contributed by atoms with Crippen molar-refractivity contribution in [1.82, 2.24) is 9.80 Å². The molecule has 2 aliphatic carbocycles. The molecule has 1 unspecified atom stereocenters. The second kappa shape index (κ2) is 10.4. The van der Waals surface area contributed by atoms with E-state index in [0.717, 1.165) is 12.1 Å². The smallest absolute Gasteiger partial charge is 0.179 e. The third-order valence-corrected chi connectivity index (χ3v) is 9.03. The second-order valence-corrected chi connectivity index (χ2v) is 11.5. The van der Waals surface area contributed by atoms with Gasteiger partial charge in [0.25, 0.3) is 0 Å². The van der Waals surface area contributed by atoms with Gasteiger partial charge in [0.2, 0.25) is 0 Å². The number of sulfone groups is 1. The van der Waals surface area contributed by atoms with Crippen LogP contribution in [0.4, 0.5) is 0 Å². The number of likely N-dealkylation sites (N-methyl/N-ethyl adjacent to an activating group) is 2. The minimum atomic E-state index is -3.30. The highest BCUT2D eigenvalue weighted by Gasteiger charge is 2.31. The van der Waals surface area contributed by atoms with Gasteiger partial charge in [-0.15, -0.1) is 0 Å². The molecule has 29 heavy (non-hydrogen) atoms. The first kappa shape index (κ1) is 22.8. The summed E-state index contributed by atoms with van der Waals surface area (Å²) in [6.45, 7) is 2.83.